The molecule has 0 spiro atoms. The third kappa shape index (κ3) is 2.14. The Morgan fingerprint density at radius 2 is 2.36 bits per heavy atom. The van der Waals surface area contributed by atoms with E-state index in [4.69, 9.17) is 17.3 Å². The van der Waals surface area contributed by atoms with E-state index in [1.54, 1.807) is 17.8 Å². The Hall–Kier alpha value is -0.850. The van der Waals surface area contributed by atoms with Crippen LogP contribution >= 0.6 is 34.7 Å². The minimum atomic E-state index is 0.533. The van der Waals surface area contributed by atoms with Gasteiger partial charge in [-0.2, -0.15) is 0 Å². The van der Waals surface area contributed by atoms with E-state index in [9.17, 15) is 0 Å². The molecule has 0 saturated heterocycles. The van der Waals surface area contributed by atoms with Crippen molar-refractivity contribution < 1.29 is 0 Å². The lowest BCUT2D eigenvalue weighted by Gasteiger charge is -2.00. The van der Waals surface area contributed by atoms with Crippen molar-refractivity contribution >= 4 is 40.4 Å². The summed E-state index contributed by atoms with van der Waals surface area (Å²) in [6, 6.07) is 1.66. The van der Waals surface area contributed by atoms with Crippen molar-refractivity contribution in [2.24, 2.45) is 0 Å². The van der Waals surface area contributed by atoms with Gasteiger partial charge in [-0.3, -0.25) is 0 Å². The van der Waals surface area contributed by atoms with Crippen molar-refractivity contribution in [3.63, 3.8) is 0 Å². The molecule has 0 unspecified atom stereocenters. The maximum absolute atomic E-state index is 5.94. The van der Waals surface area contributed by atoms with Crippen molar-refractivity contribution in [1.82, 2.24) is 15.2 Å². The average Bonchev–Trinajstić information content (AvgIpc) is 2.62. The second-order valence-corrected chi connectivity index (χ2v) is 4.84. The fraction of sp³-hybridized carbons (Fsp3) is 0. The third-order valence-corrected chi connectivity index (χ3v) is 3.55. The highest BCUT2D eigenvalue weighted by atomic mass is 35.5. The van der Waals surface area contributed by atoms with Gasteiger partial charge in [0.15, 0.2) is 4.34 Å². The number of aromatic nitrogens is 3. The first-order valence-corrected chi connectivity index (χ1v) is 5.68. The minimum absolute atomic E-state index is 0.533. The summed E-state index contributed by atoms with van der Waals surface area (Å²) in [4.78, 5) is 4.10. The highest BCUT2D eigenvalue weighted by Gasteiger charge is 2.06. The molecular formula is C7H5ClN4S2. The quantitative estimate of drug-likeness (QED) is 0.878. The highest BCUT2D eigenvalue weighted by molar-refractivity contribution is 8.01. The van der Waals surface area contributed by atoms with Crippen LogP contribution in [0.1, 0.15) is 0 Å². The zero-order valence-electron chi connectivity index (χ0n) is 6.85. The zero-order chi connectivity index (χ0) is 9.97. The van der Waals surface area contributed by atoms with Crippen LogP contribution in [0.5, 0.6) is 0 Å². The first-order chi connectivity index (χ1) is 6.75. The predicted molar refractivity (Wildman–Crippen MR) is 57.7 cm³/mol. The molecule has 0 fully saturated rings. The molecule has 2 heterocycles. The average molecular weight is 245 g/mol. The molecule has 0 amide bonds. The van der Waals surface area contributed by atoms with Crippen LogP contribution in [0, 0.1) is 0 Å². The van der Waals surface area contributed by atoms with E-state index in [-0.39, 0.29) is 0 Å². The Labute approximate surface area is 93.5 Å². The Balaban J connectivity index is 2.25. The molecule has 0 aliphatic heterocycles. The van der Waals surface area contributed by atoms with Gasteiger partial charge < -0.3 is 5.73 Å². The van der Waals surface area contributed by atoms with Gasteiger partial charge in [-0.05, 0) is 17.8 Å². The summed E-state index contributed by atoms with van der Waals surface area (Å²) in [5, 5.41) is 8.82. The lowest BCUT2D eigenvalue weighted by molar-refractivity contribution is 1.01. The van der Waals surface area contributed by atoms with Crippen molar-refractivity contribution in [2.75, 3.05) is 5.73 Å². The van der Waals surface area contributed by atoms with Crippen LogP contribution in [0.2, 0.25) is 5.02 Å². The van der Waals surface area contributed by atoms with Gasteiger partial charge in [-0.25, -0.2) is 4.98 Å². The van der Waals surface area contributed by atoms with E-state index in [0.29, 0.717) is 15.7 Å². The second kappa shape index (κ2) is 4.12. The van der Waals surface area contributed by atoms with Crippen molar-refractivity contribution in [3.8, 4) is 0 Å². The summed E-state index contributed by atoms with van der Waals surface area (Å²) >= 11 is 8.76. The van der Waals surface area contributed by atoms with Gasteiger partial charge in [0.25, 0.3) is 0 Å². The number of hydrogen-bond acceptors (Lipinski definition) is 6. The number of halogens is 1. The first-order valence-electron chi connectivity index (χ1n) is 3.61. The molecule has 0 aliphatic carbocycles. The molecular weight excluding hydrogens is 240 g/mol. The summed E-state index contributed by atoms with van der Waals surface area (Å²) in [5.41, 5.74) is 7.73. The van der Waals surface area contributed by atoms with E-state index >= 15 is 0 Å². The molecule has 0 aliphatic rings. The predicted octanol–water partition coefficient (Wildman–Crippen LogP) is 2.32. The SMILES string of the molecule is Nc1cnc(Sc2nncs2)c(Cl)c1. The van der Waals surface area contributed by atoms with Gasteiger partial charge in [0.2, 0.25) is 0 Å². The smallest absolute Gasteiger partial charge is 0.180 e. The van der Waals surface area contributed by atoms with Crippen LogP contribution in [-0.2, 0) is 0 Å². The van der Waals surface area contributed by atoms with E-state index in [2.05, 4.69) is 15.2 Å². The molecule has 2 N–H and O–H groups in total. The first kappa shape index (κ1) is 9.70. The molecule has 0 aromatic carbocycles. The number of anilines is 1. The van der Waals surface area contributed by atoms with Gasteiger partial charge in [-0.1, -0.05) is 22.9 Å². The number of nitrogens with zero attached hydrogens (tertiary/aromatic N) is 3. The fourth-order valence-electron chi connectivity index (χ4n) is 0.805. The lowest BCUT2D eigenvalue weighted by atomic mass is 10.4. The van der Waals surface area contributed by atoms with E-state index < -0.39 is 0 Å². The Morgan fingerprint density at radius 3 is 3.00 bits per heavy atom. The van der Waals surface area contributed by atoms with E-state index in [1.807, 2.05) is 0 Å². The van der Waals surface area contributed by atoms with Crippen molar-refractivity contribution in [3.05, 3.63) is 22.8 Å². The molecule has 0 radical (unpaired) electrons. The standard InChI is InChI=1S/C7H5ClN4S2/c8-5-1-4(9)2-10-6(5)14-7-12-11-3-13-7/h1-3H,9H2. The molecule has 4 nitrogen and oxygen atoms in total. The number of hydrogen-bond donors (Lipinski definition) is 1. The molecule has 2 aromatic rings. The summed E-state index contributed by atoms with van der Waals surface area (Å²) in [6.07, 6.45) is 1.56. The monoisotopic (exact) mass is 244 g/mol. The molecule has 14 heavy (non-hydrogen) atoms. The molecule has 0 atom stereocenters. The lowest BCUT2D eigenvalue weighted by Crippen LogP contribution is -1.88. The van der Waals surface area contributed by atoms with Gasteiger partial charge in [0.1, 0.15) is 10.5 Å². The van der Waals surface area contributed by atoms with Crippen LogP contribution in [0.25, 0.3) is 0 Å². The highest BCUT2D eigenvalue weighted by Crippen LogP contribution is 2.32. The number of pyridine rings is 1. The normalized spacial score (nSPS) is 10.4. The maximum atomic E-state index is 5.94. The summed E-state index contributed by atoms with van der Waals surface area (Å²) in [7, 11) is 0. The Kier molecular flexibility index (Phi) is 2.85. The topological polar surface area (TPSA) is 64.7 Å². The fourth-order valence-corrected chi connectivity index (χ4v) is 2.45. The number of rotatable bonds is 2. The minimum Gasteiger partial charge on any atom is -0.397 e. The molecule has 7 heteroatoms. The summed E-state index contributed by atoms with van der Waals surface area (Å²) in [5.74, 6) is 0. The van der Waals surface area contributed by atoms with Crippen LogP contribution in [0.4, 0.5) is 5.69 Å². The number of nitrogen functional groups attached to an aromatic ring is 1. The second-order valence-electron chi connectivity index (χ2n) is 2.36. The van der Waals surface area contributed by atoms with Gasteiger partial charge in [0.05, 0.1) is 16.9 Å². The van der Waals surface area contributed by atoms with Crippen molar-refractivity contribution in [1.29, 1.82) is 0 Å². The third-order valence-electron chi connectivity index (χ3n) is 1.35. The molecule has 2 rings (SSSR count). The van der Waals surface area contributed by atoms with Crippen LogP contribution in [-0.4, -0.2) is 15.2 Å². The summed E-state index contributed by atoms with van der Waals surface area (Å²) < 4.78 is 0.809. The number of nitrogens with two attached hydrogens (primary N) is 1. The molecule has 72 valence electrons. The zero-order valence-corrected chi connectivity index (χ0v) is 9.23. The van der Waals surface area contributed by atoms with E-state index in [0.717, 1.165) is 4.34 Å². The molecule has 0 saturated carbocycles. The van der Waals surface area contributed by atoms with E-state index in [1.165, 1.54) is 23.1 Å². The Morgan fingerprint density at radius 1 is 1.50 bits per heavy atom. The maximum Gasteiger partial charge on any atom is 0.180 e. The van der Waals surface area contributed by atoms with Gasteiger partial charge in [-0.15, -0.1) is 10.2 Å². The molecule has 2 aromatic heterocycles. The van der Waals surface area contributed by atoms with Crippen LogP contribution in [0.3, 0.4) is 0 Å². The van der Waals surface area contributed by atoms with Crippen LogP contribution in [0.15, 0.2) is 27.1 Å². The largest absolute Gasteiger partial charge is 0.397 e. The molecule has 0 bridgehead atoms. The van der Waals surface area contributed by atoms with Gasteiger partial charge in [0, 0.05) is 0 Å². The van der Waals surface area contributed by atoms with Crippen molar-refractivity contribution in [2.45, 2.75) is 9.37 Å². The Bertz CT molecular complexity index is 431. The summed E-state index contributed by atoms with van der Waals surface area (Å²) in [6.45, 7) is 0. The van der Waals surface area contributed by atoms with Gasteiger partial charge >= 0.3 is 0 Å². The van der Waals surface area contributed by atoms with Crippen LogP contribution < -0.4 is 5.73 Å².